The van der Waals surface area contributed by atoms with Crippen LogP contribution in [0, 0.1) is 0 Å². The zero-order valence-electron chi connectivity index (χ0n) is 7.72. The third kappa shape index (κ3) is 1.89. The predicted octanol–water partition coefficient (Wildman–Crippen LogP) is 3.21. The fraction of sp³-hybridized carbons (Fsp3) is 0.400. The molecule has 14 heavy (non-hydrogen) atoms. The van der Waals surface area contributed by atoms with Gasteiger partial charge in [-0.05, 0) is 25.1 Å². The molecule has 4 heteroatoms. The minimum Gasteiger partial charge on any atom is -0.344 e. The minimum atomic E-state index is -0.700. The Hall–Kier alpha value is -0.280. The van der Waals surface area contributed by atoms with Crippen molar-refractivity contribution >= 4 is 23.2 Å². The lowest BCUT2D eigenvalue weighted by Gasteiger charge is -2.23. The monoisotopic (exact) mass is 232 g/mol. The lowest BCUT2D eigenvalue weighted by molar-refractivity contribution is -0.149. The summed E-state index contributed by atoms with van der Waals surface area (Å²) in [5.74, 6) is -0.700. The zero-order valence-corrected chi connectivity index (χ0v) is 9.23. The first-order valence-electron chi connectivity index (χ1n) is 4.35. The van der Waals surface area contributed by atoms with Gasteiger partial charge in [-0.3, -0.25) is 0 Å². The molecule has 1 aliphatic heterocycles. The Bertz CT molecular complexity index is 326. The highest BCUT2D eigenvalue weighted by Crippen LogP contribution is 2.33. The van der Waals surface area contributed by atoms with Crippen molar-refractivity contribution in [1.29, 1.82) is 0 Å². The van der Waals surface area contributed by atoms with Gasteiger partial charge in [0.05, 0.1) is 13.2 Å². The van der Waals surface area contributed by atoms with Crippen LogP contribution in [0.4, 0.5) is 0 Å². The third-order valence-corrected chi connectivity index (χ3v) is 2.66. The number of hydrogen-bond acceptors (Lipinski definition) is 2. The van der Waals surface area contributed by atoms with E-state index in [4.69, 9.17) is 32.7 Å². The predicted molar refractivity (Wildman–Crippen MR) is 55.7 cm³/mol. The Labute approximate surface area is 92.7 Å². The van der Waals surface area contributed by atoms with Gasteiger partial charge in [-0.25, -0.2) is 0 Å². The quantitative estimate of drug-likeness (QED) is 0.741. The maximum absolute atomic E-state index is 5.89. The maximum atomic E-state index is 5.89. The summed E-state index contributed by atoms with van der Waals surface area (Å²) in [5, 5.41) is 1.18. The lowest BCUT2D eigenvalue weighted by Crippen LogP contribution is -2.22. The molecule has 0 saturated carbocycles. The standard InChI is InChI=1S/C10H10Cl2O2/c1-10(13-2-3-14-10)7-4-8(11)6-9(12)5-7/h4-6H,2-3H2,1H3. The van der Waals surface area contributed by atoms with Crippen molar-refractivity contribution in [3.8, 4) is 0 Å². The molecule has 2 rings (SSSR count). The van der Waals surface area contributed by atoms with E-state index in [1.54, 1.807) is 18.2 Å². The van der Waals surface area contributed by atoms with Crippen molar-refractivity contribution in [2.75, 3.05) is 13.2 Å². The maximum Gasteiger partial charge on any atom is 0.192 e. The van der Waals surface area contributed by atoms with Gasteiger partial charge in [0.1, 0.15) is 0 Å². The average molecular weight is 233 g/mol. The van der Waals surface area contributed by atoms with E-state index in [0.717, 1.165) is 5.56 Å². The summed E-state index contributed by atoms with van der Waals surface area (Å²) >= 11 is 11.8. The first-order chi connectivity index (χ1) is 6.60. The van der Waals surface area contributed by atoms with E-state index in [0.29, 0.717) is 23.3 Å². The van der Waals surface area contributed by atoms with Crippen LogP contribution in [-0.4, -0.2) is 13.2 Å². The van der Waals surface area contributed by atoms with Gasteiger partial charge in [-0.1, -0.05) is 23.2 Å². The minimum absolute atomic E-state index is 0.591. The fourth-order valence-corrected chi connectivity index (χ4v) is 2.02. The summed E-state index contributed by atoms with van der Waals surface area (Å²) in [5.41, 5.74) is 0.854. The van der Waals surface area contributed by atoms with E-state index in [-0.39, 0.29) is 0 Å². The summed E-state index contributed by atoms with van der Waals surface area (Å²) < 4.78 is 11.0. The summed E-state index contributed by atoms with van der Waals surface area (Å²) in [4.78, 5) is 0. The number of halogens is 2. The normalized spacial score (nSPS) is 19.9. The summed E-state index contributed by atoms with van der Waals surface area (Å²) in [6.45, 7) is 3.06. The van der Waals surface area contributed by atoms with Crippen LogP contribution in [0.2, 0.25) is 10.0 Å². The fourth-order valence-electron chi connectivity index (χ4n) is 1.50. The van der Waals surface area contributed by atoms with Crippen molar-refractivity contribution in [3.05, 3.63) is 33.8 Å². The van der Waals surface area contributed by atoms with Gasteiger partial charge in [0.15, 0.2) is 5.79 Å². The lowest BCUT2D eigenvalue weighted by atomic mass is 10.1. The van der Waals surface area contributed by atoms with Crippen molar-refractivity contribution in [1.82, 2.24) is 0 Å². The Morgan fingerprint density at radius 2 is 1.57 bits per heavy atom. The molecule has 0 spiro atoms. The zero-order chi connectivity index (χ0) is 10.2. The molecule has 0 amide bonds. The van der Waals surface area contributed by atoms with Gasteiger partial charge in [-0.2, -0.15) is 0 Å². The molecule has 0 unspecified atom stereocenters. The molecular weight excluding hydrogens is 223 g/mol. The average Bonchev–Trinajstić information content (AvgIpc) is 2.52. The molecular formula is C10H10Cl2O2. The molecule has 2 nitrogen and oxygen atoms in total. The van der Waals surface area contributed by atoms with Gasteiger partial charge in [0.25, 0.3) is 0 Å². The number of ether oxygens (including phenoxy) is 2. The summed E-state index contributed by atoms with van der Waals surface area (Å²) in [6.07, 6.45) is 0. The second-order valence-corrected chi connectivity index (χ2v) is 4.17. The molecule has 0 N–H and O–H groups in total. The van der Waals surface area contributed by atoms with E-state index in [2.05, 4.69) is 0 Å². The molecule has 1 heterocycles. The van der Waals surface area contributed by atoms with Gasteiger partial charge in [0, 0.05) is 15.6 Å². The number of rotatable bonds is 1. The van der Waals surface area contributed by atoms with Crippen LogP contribution in [-0.2, 0) is 15.3 Å². The van der Waals surface area contributed by atoms with Gasteiger partial charge < -0.3 is 9.47 Å². The molecule has 0 radical (unpaired) electrons. The molecule has 1 aromatic rings. The van der Waals surface area contributed by atoms with Crippen LogP contribution in [0.15, 0.2) is 18.2 Å². The Morgan fingerprint density at radius 3 is 2.07 bits per heavy atom. The molecule has 0 aliphatic carbocycles. The van der Waals surface area contributed by atoms with E-state index >= 15 is 0 Å². The topological polar surface area (TPSA) is 18.5 Å². The summed E-state index contributed by atoms with van der Waals surface area (Å²) in [6, 6.07) is 5.29. The van der Waals surface area contributed by atoms with Crippen molar-refractivity contribution < 1.29 is 9.47 Å². The van der Waals surface area contributed by atoms with Crippen LogP contribution >= 0.6 is 23.2 Å². The van der Waals surface area contributed by atoms with Crippen LogP contribution < -0.4 is 0 Å². The largest absolute Gasteiger partial charge is 0.344 e. The second kappa shape index (κ2) is 3.70. The first-order valence-corrected chi connectivity index (χ1v) is 5.10. The molecule has 0 bridgehead atoms. The molecule has 1 fully saturated rings. The molecule has 76 valence electrons. The number of hydrogen-bond donors (Lipinski definition) is 0. The van der Waals surface area contributed by atoms with Crippen LogP contribution in [0.3, 0.4) is 0 Å². The van der Waals surface area contributed by atoms with E-state index in [1.165, 1.54) is 0 Å². The third-order valence-electron chi connectivity index (χ3n) is 2.23. The first kappa shape index (κ1) is 10.2. The Morgan fingerprint density at radius 1 is 1.07 bits per heavy atom. The van der Waals surface area contributed by atoms with Gasteiger partial charge in [0.2, 0.25) is 0 Å². The molecule has 0 aromatic heterocycles. The second-order valence-electron chi connectivity index (χ2n) is 3.30. The van der Waals surface area contributed by atoms with Crippen LogP contribution in [0.25, 0.3) is 0 Å². The van der Waals surface area contributed by atoms with Gasteiger partial charge >= 0.3 is 0 Å². The highest BCUT2D eigenvalue weighted by molar-refractivity contribution is 6.34. The van der Waals surface area contributed by atoms with Crippen LogP contribution in [0.5, 0.6) is 0 Å². The van der Waals surface area contributed by atoms with Crippen LogP contribution in [0.1, 0.15) is 12.5 Å². The number of benzene rings is 1. The highest BCUT2D eigenvalue weighted by Gasteiger charge is 2.33. The Kier molecular flexibility index (Phi) is 2.71. The molecule has 1 saturated heterocycles. The molecule has 1 aliphatic rings. The Balaban J connectivity index is 2.40. The van der Waals surface area contributed by atoms with Crippen molar-refractivity contribution in [3.63, 3.8) is 0 Å². The molecule has 1 aromatic carbocycles. The van der Waals surface area contributed by atoms with Gasteiger partial charge in [-0.15, -0.1) is 0 Å². The molecule has 0 atom stereocenters. The van der Waals surface area contributed by atoms with Crippen molar-refractivity contribution in [2.24, 2.45) is 0 Å². The smallest absolute Gasteiger partial charge is 0.192 e. The van der Waals surface area contributed by atoms with Crippen molar-refractivity contribution in [2.45, 2.75) is 12.7 Å². The highest BCUT2D eigenvalue weighted by atomic mass is 35.5. The summed E-state index contributed by atoms with van der Waals surface area (Å²) in [7, 11) is 0. The van der Waals surface area contributed by atoms with E-state index in [1.807, 2.05) is 6.92 Å². The van der Waals surface area contributed by atoms with E-state index < -0.39 is 5.79 Å². The SMILES string of the molecule is CC1(c2cc(Cl)cc(Cl)c2)OCCO1. The van der Waals surface area contributed by atoms with E-state index in [9.17, 15) is 0 Å².